The lowest BCUT2D eigenvalue weighted by Gasteiger charge is -2.20. The van der Waals surface area contributed by atoms with Crippen LogP contribution in [0.25, 0.3) is 0 Å². The summed E-state index contributed by atoms with van der Waals surface area (Å²) >= 11 is 5.98. The molecule has 1 unspecified atom stereocenters. The van der Waals surface area contributed by atoms with E-state index in [2.05, 4.69) is 30.5 Å². The molecule has 1 nitrogen and oxygen atoms in total. The van der Waals surface area contributed by atoms with E-state index in [0.717, 1.165) is 10.7 Å². The van der Waals surface area contributed by atoms with Gasteiger partial charge in [-0.2, -0.15) is 0 Å². The molecule has 0 saturated carbocycles. The van der Waals surface area contributed by atoms with E-state index in [4.69, 9.17) is 11.6 Å². The Balaban J connectivity index is 2.12. The Morgan fingerprint density at radius 1 is 1.40 bits per heavy atom. The molecule has 0 radical (unpaired) electrons. The summed E-state index contributed by atoms with van der Waals surface area (Å²) in [6.45, 7) is 2.10. The third kappa shape index (κ3) is 2.75. The summed E-state index contributed by atoms with van der Waals surface area (Å²) in [5.41, 5.74) is 2.40. The number of aryl methyl sites for hydroxylation is 1. The van der Waals surface area contributed by atoms with Gasteiger partial charge in [-0.15, -0.1) is 0 Å². The fourth-order valence-electron chi connectivity index (χ4n) is 1.88. The van der Waals surface area contributed by atoms with Gasteiger partial charge in [0, 0.05) is 16.8 Å². The Kier molecular flexibility index (Phi) is 3.32. The molecule has 2 heteroatoms. The molecule has 0 amide bonds. The second-order valence-corrected chi connectivity index (χ2v) is 4.51. The Labute approximate surface area is 96.1 Å². The van der Waals surface area contributed by atoms with Crippen LogP contribution in [-0.2, 0) is 0 Å². The SMILES string of the molecule is Cc1ccc(Cl)cc1NC1C=CCCC1. The van der Waals surface area contributed by atoms with Crippen molar-refractivity contribution in [3.63, 3.8) is 0 Å². The number of anilines is 1. The molecule has 0 saturated heterocycles. The lowest BCUT2D eigenvalue weighted by molar-refractivity contribution is 0.673. The van der Waals surface area contributed by atoms with Crippen LogP contribution in [0, 0.1) is 6.92 Å². The van der Waals surface area contributed by atoms with Crippen LogP contribution in [0.2, 0.25) is 5.02 Å². The molecular weight excluding hydrogens is 206 g/mol. The standard InChI is InChI=1S/C13H16ClN/c1-10-7-8-11(14)9-13(10)15-12-5-3-2-4-6-12/h3,5,7-9,12,15H,2,4,6H2,1H3. The van der Waals surface area contributed by atoms with E-state index < -0.39 is 0 Å². The summed E-state index contributed by atoms with van der Waals surface area (Å²) in [6.07, 6.45) is 8.20. The van der Waals surface area contributed by atoms with Gasteiger partial charge in [0.1, 0.15) is 0 Å². The maximum absolute atomic E-state index is 5.98. The highest BCUT2D eigenvalue weighted by Gasteiger charge is 2.09. The molecule has 0 fully saturated rings. The average molecular weight is 222 g/mol. The number of rotatable bonds is 2. The highest BCUT2D eigenvalue weighted by molar-refractivity contribution is 6.30. The maximum Gasteiger partial charge on any atom is 0.0444 e. The summed E-state index contributed by atoms with van der Waals surface area (Å²) in [5, 5.41) is 4.31. The summed E-state index contributed by atoms with van der Waals surface area (Å²) in [7, 11) is 0. The predicted octanol–water partition coefficient (Wildman–Crippen LogP) is 4.17. The van der Waals surface area contributed by atoms with E-state index in [0.29, 0.717) is 6.04 Å². The third-order valence-electron chi connectivity index (χ3n) is 2.79. The normalized spacial score (nSPS) is 20.3. The Morgan fingerprint density at radius 2 is 2.27 bits per heavy atom. The number of allylic oxidation sites excluding steroid dienone is 1. The van der Waals surface area contributed by atoms with Gasteiger partial charge >= 0.3 is 0 Å². The van der Waals surface area contributed by atoms with Crippen LogP contribution >= 0.6 is 11.6 Å². The molecule has 1 aromatic rings. The number of hydrogen-bond donors (Lipinski definition) is 1. The second kappa shape index (κ2) is 4.71. The lowest BCUT2D eigenvalue weighted by atomic mass is 10.0. The van der Waals surface area contributed by atoms with Crippen LogP contribution < -0.4 is 5.32 Å². The van der Waals surface area contributed by atoms with E-state index in [9.17, 15) is 0 Å². The Hall–Kier alpha value is -0.950. The summed E-state index contributed by atoms with van der Waals surface area (Å²) in [5.74, 6) is 0. The minimum absolute atomic E-state index is 0.468. The van der Waals surface area contributed by atoms with Crippen molar-refractivity contribution in [3.05, 3.63) is 40.9 Å². The number of benzene rings is 1. The van der Waals surface area contributed by atoms with Gasteiger partial charge in [0.05, 0.1) is 0 Å². The monoisotopic (exact) mass is 221 g/mol. The maximum atomic E-state index is 5.98. The molecular formula is C13H16ClN. The molecule has 0 aliphatic heterocycles. The van der Waals surface area contributed by atoms with E-state index in [1.54, 1.807) is 0 Å². The smallest absolute Gasteiger partial charge is 0.0444 e. The summed E-state index contributed by atoms with van der Waals surface area (Å²) in [6, 6.07) is 6.45. The summed E-state index contributed by atoms with van der Waals surface area (Å²) in [4.78, 5) is 0. The van der Waals surface area contributed by atoms with Crippen LogP contribution in [0.3, 0.4) is 0 Å². The Morgan fingerprint density at radius 3 is 3.00 bits per heavy atom. The minimum Gasteiger partial charge on any atom is -0.379 e. The molecule has 0 aromatic heterocycles. The van der Waals surface area contributed by atoms with Gasteiger partial charge < -0.3 is 5.32 Å². The van der Waals surface area contributed by atoms with Crippen LogP contribution in [0.15, 0.2) is 30.4 Å². The second-order valence-electron chi connectivity index (χ2n) is 4.07. The molecule has 15 heavy (non-hydrogen) atoms. The van der Waals surface area contributed by atoms with Gasteiger partial charge in [0.15, 0.2) is 0 Å². The zero-order chi connectivity index (χ0) is 10.7. The quantitative estimate of drug-likeness (QED) is 0.740. The fourth-order valence-corrected chi connectivity index (χ4v) is 2.05. The third-order valence-corrected chi connectivity index (χ3v) is 3.03. The minimum atomic E-state index is 0.468. The van der Waals surface area contributed by atoms with E-state index in [-0.39, 0.29) is 0 Å². The van der Waals surface area contributed by atoms with Gasteiger partial charge in [0.25, 0.3) is 0 Å². The molecule has 80 valence electrons. The van der Waals surface area contributed by atoms with Crippen molar-refractivity contribution in [3.8, 4) is 0 Å². The fraction of sp³-hybridized carbons (Fsp3) is 0.385. The first-order valence-corrected chi connectivity index (χ1v) is 5.83. The predicted molar refractivity (Wildman–Crippen MR) is 66.6 cm³/mol. The van der Waals surface area contributed by atoms with Crippen molar-refractivity contribution >= 4 is 17.3 Å². The van der Waals surface area contributed by atoms with Gasteiger partial charge in [-0.05, 0) is 43.9 Å². The van der Waals surface area contributed by atoms with E-state index >= 15 is 0 Å². The molecule has 2 rings (SSSR count). The molecule has 1 N–H and O–H groups in total. The zero-order valence-corrected chi connectivity index (χ0v) is 9.72. The van der Waals surface area contributed by atoms with Crippen LogP contribution in [0.1, 0.15) is 24.8 Å². The zero-order valence-electron chi connectivity index (χ0n) is 8.96. The number of halogens is 1. The highest BCUT2D eigenvalue weighted by Crippen LogP contribution is 2.23. The van der Waals surface area contributed by atoms with Gasteiger partial charge in [-0.25, -0.2) is 0 Å². The topological polar surface area (TPSA) is 12.0 Å². The first kappa shape index (κ1) is 10.6. The van der Waals surface area contributed by atoms with Crippen LogP contribution in [-0.4, -0.2) is 6.04 Å². The van der Waals surface area contributed by atoms with Gasteiger partial charge in [-0.3, -0.25) is 0 Å². The number of nitrogens with one attached hydrogen (secondary N) is 1. The van der Waals surface area contributed by atoms with Crippen molar-refractivity contribution in [2.45, 2.75) is 32.2 Å². The van der Waals surface area contributed by atoms with Crippen LogP contribution in [0.4, 0.5) is 5.69 Å². The summed E-state index contributed by atoms with van der Waals surface area (Å²) < 4.78 is 0. The van der Waals surface area contributed by atoms with Crippen LogP contribution in [0.5, 0.6) is 0 Å². The molecule has 1 atom stereocenters. The van der Waals surface area contributed by atoms with Gasteiger partial charge in [0.2, 0.25) is 0 Å². The molecule has 0 bridgehead atoms. The lowest BCUT2D eigenvalue weighted by Crippen LogP contribution is -2.19. The van der Waals surface area contributed by atoms with E-state index in [1.165, 1.54) is 24.8 Å². The molecule has 0 spiro atoms. The molecule has 1 aliphatic carbocycles. The van der Waals surface area contributed by atoms with Crippen molar-refractivity contribution in [1.82, 2.24) is 0 Å². The van der Waals surface area contributed by atoms with Crippen molar-refractivity contribution in [1.29, 1.82) is 0 Å². The first-order valence-electron chi connectivity index (χ1n) is 5.45. The Bertz CT molecular complexity index is 371. The largest absolute Gasteiger partial charge is 0.379 e. The van der Waals surface area contributed by atoms with E-state index in [1.807, 2.05) is 12.1 Å². The highest BCUT2D eigenvalue weighted by atomic mass is 35.5. The van der Waals surface area contributed by atoms with Crippen molar-refractivity contribution < 1.29 is 0 Å². The number of hydrogen-bond acceptors (Lipinski definition) is 1. The van der Waals surface area contributed by atoms with Gasteiger partial charge in [-0.1, -0.05) is 29.8 Å². The van der Waals surface area contributed by atoms with Crippen molar-refractivity contribution in [2.24, 2.45) is 0 Å². The molecule has 1 aliphatic rings. The first-order chi connectivity index (χ1) is 7.25. The average Bonchev–Trinajstić information content (AvgIpc) is 2.25. The molecule has 1 aromatic carbocycles. The van der Waals surface area contributed by atoms with Crippen molar-refractivity contribution in [2.75, 3.05) is 5.32 Å². The molecule has 0 heterocycles.